The Morgan fingerprint density at radius 2 is 2.07 bits per heavy atom. The number of amides is 1. The molecule has 2 aliphatic heterocycles. The fraction of sp³-hybridized carbons (Fsp3) is 0.476. The van der Waals surface area contributed by atoms with E-state index in [0.29, 0.717) is 11.8 Å². The highest BCUT2D eigenvalue weighted by Gasteiger charge is 2.34. The molecule has 0 bridgehead atoms. The first-order chi connectivity index (χ1) is 14.3. The maximum absolute atomic E-state index is 12.3. The van der Waals surface area contributed by atoms with Crippen LogP contribution in [-0.4, -0.2) is 58.1 Å². The van der Waals surface area contributed by atoms with Crippen molar-refractivity contribution in [3.63, 3.8) is 0 Å². The van der Waals surface area contributed by atoms with Crippen molar-refractivity contribution >= 4 is 28.4 Å². The van der Waals surface area contributed by atoms with Crippen LogP contribution in [0.15, 0.2) is 24.5 Å². The van der Waals surface area contributed by atoms with Crippen molar-refractivity contribution in [2.75, 3.05) is 37.6 Å². The zero-order valence-corrected chi connectivity index (χ0v) is 17.1. The molecule has 1 saturated carbocycles. The third-order valence-corrected chi connectivity index (χ3v) is 7.34. The molecule has 6 rings (SSSR count). The molecule has 29 heavy (non-hydrogen) atoms. The van der Waals surface area contributed by atoms with Crippen LogP contribution >= 0.6 is 11.3 Å². The number of nitrogens with zero attached hydrogens (tertiary/aromatic N) is 5. The van der Waals surface area contributed by atoms with Crippen molar-refractivity contribution in [2.24, 2.45) is 5.92 Å². The smallest absolute Gasteiger partial charge is 0.225 e. The number of hydrogen-bond acceptors (Lipinski definition) is 6. The van der Waals surface area contributed by atoms with Crippen LogP contribution in [0.2, 0.25) is 0 Å². The molecule has 2 fully saturated rings. The summed E-state index contributed by atoms with van der Waals surface area (Å²) in [4.78, 5) is 23.0. The van der Waals surface area contributed by atoms with Crippen LogP contribution in [0.25, 0.3) is 16.1 Å². The Balaban J connectivity index is 1.27. The van der Waals surface area contributed by atoms with Crippen LogP contribution in [0.5, 0.6) is 0 Å². The van der Waals surface area contributed by atoms with Gasteiger partial charge in [0.05, 0.1) is 16.9 Å². The maximum atomic E-state index is 12.3. The summed E-state index contributed by atoms with van der Waals surface area (Å²) in [6.07, 6.45) is 7.11. The first-order valence-electron chi connectivity index (χ1n) is 10.5. The third-order valence-electron chi connectivity index (χ3n) is 6.19. The summed E-state index contributed by atoms with van der Waals surface area (Å²) in [5.41, 5.74) is 4.67. The van der Waals surface area contributed by atoms with E-state index < -0.39 is 0 Å². The average molecular weight is 409 g/mol. The predicted octanol–water partition coefficient (Wildman–Crippen LogP) is 2.16. The van der Waals surface area contributed by atoms with Crippen molar-refractivity contribution in [1.29, 1.82) is 0 Å². The Labute approximate surface area is 173 Å². The van der Waals surface area contributed by atoms with E-state index in [9.17, 15) is 4.79 Å². The Bertz CT molecular complexity index is 1050. The lowest BCUT2D eigenvalue weighted by atomic mass is 10.2. The van der Waals surface area contributed by atoms with Crippen LogP contribution in [0.3, 0.4) is 0 Å². The standard InChI is InChI=1S/C21H24N6OS/c28-21(14-1-2-14)26-9-7-25(8-10-26)17-4-6-23-27-13-15(11-18(17)27)20-24-16-3-5-22-12-19(16)29-20/h4,6,11,13-14,22H,1-3,5,7-10,12H2. The van der Waals surface area contributed by atoms with E-state index in [1.165, 1.54) is 16.3 Å². The number of thiazole rings is 1. The van der Waals surface area contributed by atoms with Gasteiger partial charge >= 0.3 is 0 Å². The van der Waals surface area contributed by atoms with Crippen LogP contribution in [0.4, 0.5) is 5.69 Å². The molecule has 0 unspecified atom stereocenters. The molecule has 0 atom stereocenters. The lowest BCUT2D eigenvalue weighted by molar-refractivity contribution is -0.132. The van der Waals surface area contributed by atoms with E-state index in [-0.39, 0.29) is 0 Å². The summed E-state index contributed by atoms with van der Waals surface area (Å²) in [6, 6.07) is 4.30. The predicted molar refractivity (Wildman–Crippen MR) is 113 cm³/mol. The lowest BCUT2D eigenvalue weighted by Crippen LogP contribution is -2.49. The van der Waals surface area contributed by atoms with Gasteiger partial charge < -0.3 is 15.1 Å². The molecular weight excluding hydrogens is 384 g/mol. The largest absolute Gasteiger partial charge is 0.366 e. The highest BCUT2D eigenvalue weighted by molar-refractivity contribution is 7.15. The second-order valence-corrected chi connectivity index (χ2v) is 9.26. The number of anilines is 1. The third kappa shape index (κ3) is 3.11. The van der Waals surface area contributed by atoms with Gasteiger partial charge in [-0.1, -0.05) is 0 Å². The Morgan fingerprint density at radius 3 is 2.86 bits per heavy atom. The SMILES string of the molecule is O=C(C1CC1)N1CCN(c2ccnn3cc(-c4nc5c(s4)CNCC5)cc23)CC1. The zero-order valence-electron chi connectivity index (χ0n) is 16.3. The first-order valence-corrected chi connectivity index (χ1v) is 11.3. The minimum Gasteiger partial charge on any atom is -0.366 e. The fourth-order valence-corrected chi connectivity index (χ4v) is 5.45. The van der Waals surface area contributed by atoms with Crippen molar-refractivity contribution in [3.8, 4) is 10.6 Å². The molecule has 8 heteroatoms. The number of carbonyl (C=O) groups excluding carboxylic acids is 1. The molecule has 0 radical (unpaired) electrons. The molecule has 7 nitrogen and oxygen atoms in total. The summed E-state index contributed by atoms with van der Waals surface area (Å²) in [5, 5.41) is 9.03. The average Bonchev–Trinajstić information content (AvgIpc) is 3.36. The van der Waals surface area contributed by atoms with Gasteiger partial charge in [0.1, 0.15) is 5.01 Å². The second-order valence-electron chi connectivity index (χ2n) is 8.18. The van der Waals surface area contributed by atoms with Crippen LogP contribution in [0.1, 0.15) is 23.4 Å². The Morgan fingerprint density at radius 1 is 1.21 bits per heavy atom. The molecule has 1 saturated heterocycles. The number of fused-ring (bicyclic) bond motifs is 2. The minimum atomic E-state index is 0.307. The fourth-order valence-electron chi connectivity index (χ4n) is 4.39. The highest BCUT2D eigenvalue weighted by Crippen LogP contribution is 2.34. The number of hydrogen-bond donors (Lipinski definition) is 1. The molecule has 3 aliphatic rings. The number of nitrogens with one attached hydrogen (secondary N) is 1. The minimum absolute atomic E-state index is 0.307. The zero-order chi connectivity index (χ0) is 19.4. The van der Waals surface area contributed by atoms with E-state index in [1.807, 2.05) is 15.6 Å². The van der Waals surface area contributed by atoms with Gasteiger partial charge in [0, 0.05) is 74.4 Å². The van der Waals surface area contributed by atoms with E-state index in [2.05, 4.69) is 33.6 Å². The molecule has 150 valence electrons. The number of aromatic nitrogens is 3. The molecule has 1 amide bonds. The Kier molecular flexibility index (Phi) is 4.09. The second kappa shape index (κ2) is 6.81. The summed E-state index contributed by atoms with van der Waals surface area (Å²) < 4.78 is 1.96. The number of carbonyl (C=O) groups is 1. The quantitative estimate of drug-likeness (QED) is 0.720. The van der Waals surface area contributed by atoms with E-state index in [0.717, 1.165) is 74.6 Å². The van der Waals surface area contributed by atoms with Gasteiger partial charge in [-0.05, 0) is 25.0 Å². The molecule has 1 aliphatic carbocycles. The van der Waals surface area contributed by atoms with Crippen molar-refractivity contribution in [1.82, 2.24) is 24.8 Å². The van der Waals surface area contributed by atoms with Crippen LogP contribution in [0, 0.1) is 5.92 Å². The molecule has 3 aromatic heterocycles. The van der Waals surface area contributed by atoms with Gasteiger partial charge in [-0.2, -0.15) is 5.10 Å². The molecule has 1 N–H and O–H groups in total. The Hall–Kier alpha value is -2.45. The summed E-state index contributed by atoms with van der Waals surface area (Å²) in [6.45, 7) is 5.29. The summed E-state index contributed by atoms with van der Waals surface area (Å²) >= 11 is 1.78. The molecule has 0 aromatic carbocycles. The normalized spacial score (nSPS) is 19.6. The van der Waals surface area contributed by atoms with E-state index >= 15 is 0 Å². The van der Waals surface area contributed by atoms with Gasteiger partial charge in [-0.3, -0.25) is 4.79 Å². The van der Waals surface area contributed by atoms with Crippen molar-refractivity contribution in [3.05, 3.63) is 35.1 Å². The summed E-state index contributed by atoms with van der Waals surface area (Å²) in [5.74, 6) is 0.665. The van der Waals surface area contributed by atoms with Gasteiger partial charge in [0.2, 0.25) is 5.91 Å². The molecule has 0 spiro atoms. The maximum Gasteiger partial charge on any atom is 0.225 e. The number of rotatable bonds is 3. The van der Waals surface area contributed by atoms with E-state index in [1.54, 1.807) is 11.3 Å². The number of piperazine rings is 1. The van der Waals surface area contributed by atoms with E-state index in [4.69, 9.17) is 4.98 Å². The van der Waals surface area contributed by atoms with Gasteiger partial charge in [0.25, 0.3) is 0 Å². The van der Waals surface area contributed by atoms with Gasteiger partial charge in [-0.25, -0.2) is 9.50 Å². The van der Waals surface area contributed by atoms with Gasteiger partial charge in [-0.15, -0.1) is 11.3 Å². The first kappa shape index (κ1) is 17.4. The molecular formula is C21H24N6OS. The topological polar surface area (TPSA) is 65.8 Å². The monoisotopic (exact) mass is 408 g/mol. The van der Waals surface area contributed by atoms with Crippen molar-refractivity contribution in [2.45, 2.75) is 25.8 Å². The van der Waals surface area contributed by atoms with Gasteiger partial charge in [0.15, 0.2) is 0 Å². The highest BCUT2D eigenvalue weighted by atomic mass is 32.1. The van der Waals surface area contributed by atoms with Crippen molar-refractivity contribution < 1.29 is 4.79 Å². The van der Waals surface area contributed by atoms with Crippen LogP contribution < -0.4 is 10.2 Å². The summed E-state index contributed by atoms with van der Waals surface area (Å²) in [7, 11) is 0. The molecule has 5 heterocycles. The lowest BCUT2D eigenvalue weighted by Gasteiger charge is -2.36. The van der Waals surface area contributed by atoms with Crippen LogP contribution in [-0.2, 0) is 17.8 Å². The molecule has 3 aromatic rings.